The molecule has 4 nitrogen and oxygen atoms in total. The highest BCUT2D eigenvalue weighted by molar-refractivity contribution is 5.77. The maximum Gasteiger partial charge on any atom is 0.221 e. The van der Waals surface area contributed by atoms with Crippen molar-refractivity contribution < 1.29 is 4.79 Å². The van der Waals surface area contributed by atoms with Crippen molar-refractivity contribution in [2.45, 2.75) is 32.6 Å². The Hall–Kier alpha value is -3.14. The number of primary amides is 1. The highest BCUT2D eigenvalue weighted by Crippen LogP contribution is 2.33. The first kappa shape index (κ1) is 17.3. The van der Waals surface area contributed by atoms with E-state index in [1.54, 1.807) is 0 Å². The zero-order chi connectivity index (χ0) is 18.8. The first-order valence-electron chi connectivity index (χ1n) is 9.32. The van der Waals surface area contributed by atoms with Crippen LogP contribution in [-0.4, -0.2) is 10.9 Å². The molecular formula is C23H23N3O. The summed E-state index contributed by atoms with van der Waals surface area (Å²) in [5.74, 6) is -0.314. The van der Waals surface area contributed by atoms with Crippen LogP contribution < -0.4 is 11.1 Å². The smallest absolute Gasteiger partial charge is 0.221 e. The number of carbonyl (C=O) groups excluding carboxylic acids is 1. The minimum Gasteiger partial charge on any atom is -0.369 e. The van der Waals surface area contributed by atoms with Crippen molar-refractivity contribution >= 4 is 17.3 Å². The van der Waals surface area contributed by atoms with E-state index in [0.29, 0.717) is 0 Å². The lowest BCUT2D eigenvalue weighted by atomic mass is 10.0. The van der Waals surface area contributed by atoms with Crippen LogP contribution in [0.1, 0.15) is 28.8 Å². The number of anilines is 2. The van der Waals surface area contributed by atoms with Gasteiger partial charge in [-0.15, -0.1) is 0 Å². The van der Waals surface area contributed by atoms with E-state index in [4.69, 9.17) is 10.7 Å². The second kappa shape index (κ2) is 7.23. The van der Waals surface area contributed by atoms with E-state index in [1.165, 1.54) is 16.8 Å². The molecule has 0 aliphatic heterocycles. The molecule has 3 aromatic rings. The second-order valence-corrected chi connectivity index (χ2v) is 7.17. The molecule has 0 spiro atoms. The van der Waals surface area contributed by atoms with Gasteiger partial charge in [-0.05, 0) is 61.6 Å². The Kier molecular flexibility index (Phi) is 4.63. The molecule has 0 bridgehead atoms. The number of pyridine rings is 1. The molecule has 1 heterocycles. The third-order valence-electron chi connectivity index (χ3n) is 4.98. The van der Waals surface area contributed by atoms with Crippen LogP contribution in [0, 0.1) is 6.92 Å². The third kappa shape index (κ3) is 3.85. The second-order valence-electron chi connectivity index (χ2n) is 7.17. The van der Waals surface area contributed by atoms with E-state index < -0.39 is 0 Å². The molecule has 3 N–H and O–H groups in total. The predicted octanol–water partition coefficient (Wildman–Crippen LogP) is 4.32. The molecule has 0 radical (unpaired) electrons. The number of hydrogen-bond acceptors (Lipinski definition) is 3. The molecule has 136 valence electrons. The zero-order valence-corrected chi connectivity index (χ0v) is 15.5. The number of hydrogen-bond donors (Lipinski definition) is 2. The molecule has 0 saturated heterocycles. The van der Waals surface area contributed by atoms with E-state index in [-0.39, 0.29) is 12.3 Å². The number of nitrogens with zero attached hydrogens (tertiary/aromatic N) is 1. The number of rotatable bonds is 5. The molecule has 1 aliphatic carbocycles. The molecule has 0 fully saturated rings. The van der Waals surface area contributed by atoms with Crippen LogP contribution in [0.3, 0.4) is 0 Å². The Morgan fingerprint density at radius 2 is 1.93 bits per heavy atom. The van der Waals surface area contributed by atoms with E-state index in [2.05, 4.69) is 42.6 Å². The van der Waals surface area contributed by atoms with Crippen molar-refractivity contribution in [2.24, 2.45) is 5.73 Å². The summed E-state index contributed by atoms with van der Waals surface area (Å²) >= 11 is 0. The number of carbonyl (C=O) groups is 1. The fourth-order valence-electron chi connectivity index (χ4n) is 3.67. The van der Waals surface area contributed by atoms with Gasteiger partial charge >= 0.3 is 0 Å². The van der Waals surface area contributed by atoms with Gasteiger partial charge in [0.15, 0.2) is 0 Å². The molecule has 0 unspecified atom stereocenters. The van der Waals surface area contributed by atoms with Crippen LogP contribution in [0.2, 0.25) is 0 Å². The molecule has 4 rings (SSSR count). The molecule has 1 aromatic heterocycles. The zero-order valence-electron chi connectivity index (χ0n) is 15.5. The van der Waals surface area contributed by atoms with E-state index >= 15 is 0 Å². The van der Waals surface area contributed by atoms with Crippen LogP contribution in [0.4, 0.5) is 11.4 Å². The Bertz CT molecular complexity index is 993. The third-order valence-corrected chi connectivity index (χ3v) is 4.98. The van der Waals surface area contributed by atoms with Gasteiger partial charge in [-0.3, -0.25) is 9.78 Å². The first-order chi connectivity index (χ1) is 13.1. The minimum absolute atomic E-state index is 0.266. The number of aromatic nitrogens is 1. The summed E-state index contributed by atoms with van der Waals surface area (Å²) in [5.41, 5.74) is 14.2. The number of amides is 1. The lowest BCUT2D eigenvalue weighted by Gasteiger charge is -2.14. The van der Waals surface area contributed by atoms with Crippen molar-refractivity contribution in [3.8, 4) is 11.3 Å². The monoisotopic (exact) mass is 357 g/mol. The largest absolute Gasteiger partial charge is 0.369 e. The van der Waals surface area contributed by atoms with Crippen LogP contribution in [-0.2, 0) is 24.1 Å². The highest BCUT2D eigenvalue weighted by Gasteiger charge is 2.18. The van der Waals surface area contributed by atoms with Crippen molar-refractivity contribution in [1.29, 1.82) is 0 Å². The molecule has 1 amide bonds. The molecule has 27 heavy (non-hydrogen) atoms. The summed E-state index contributed by atoms with van der Waals surface area (Å²) < 4.78 is 0. The number of benzene rings is 2. The van der Waals surface area contributed by atoms with Crippen molar-refractivity contribution in [1.82, 2.24) is 4.98 Å². The van der Waals surface area contributed by atoms with Gasteiger partial charge < -0.3 is 11.1 Å². The number of nitrogens with one attached hydrogen (secondary N) is 1. The molecule has 0 atom stereocenters. The van der Waals surface area contributed by atoms with Gasteiger partial charge in [-0.1, -0.05) is 35.9 Å². The SMILES string of the molecule is Cc1cccc(-c2cc(Nc3ccc(CC(N)=O)cc3)c3c(n2)CCC3)c1. The lowest BCUT2D eigenvalue weighted by molar-refractivity contribution is -0.117. The van der Waals surface area contributed by atoms with Gasteiger partial charge in [-0.2, -0.15) is 0 Å². The normalized spacial score (nSPS) is 12.6. The van der Waals surface area contributed by atoms with E-state index in [1.807, 2.05) is 24.3 Å². The number of aryl methyl sites for hydroxylation is 2. The fourth-order valence-corrected chi connectivity index (χ4v) is 3.67. The van der Waals surface area contributed by atoms with Gasteiger partial charge in [0.05, 0.1) is 12.1 Å². The summed E-state index contributed by atoms with van der Waals surface area (Å²) in [7, 11) is 0. The van der Waals surface area contributed by atoms with Crippen LogP contribution in [0.25, 0.3) is 11.3 Å². The molecule has 0 saturated carbocycles. The predicted molar refractivity (Wildman–Crippen MR) is 109 cm³/mol. The summed E-state index contributed by atoms with van der Waals surface area (Å²) in [6.45, 7) is 2.10. The molecule has 1 aliphatic rings. The van der Waals surface area contributed by atoms with Gasteiger partial charge in [0.2, 0.25) is 5.91 Å². The number of nitrogens with two attached hydrogens (primary N) is 1. The van der Waals surface area contributed by atoms with Crippen LogP contribution in [0.5, 0.6) is 0 Å². The minimum atomic E-state index is -0.314. The maximum absolute atomic E-state index is 11.1. The van der Waals surface area contributed by atoms with E-state index in [9.17, 15) is 4.79 Å². The molecule has 2 aromatic carbocycles. The van der Waals surface area contributed by atoms with Gasteiger partial charge in [0.25, 0.3) is 0 Å². The van der Waals surface area contributed by atoms with Gasteiger partial charge in [0.1, 0.15) is 0 Å². The average Bonchev–Trinajstić information content (AvgIpc) is 3.12. The van der Waals surface area contributed by atoms with E-state index in [0.717, 1.165) is 47.5 Å². The van der Waals surface area contributed by atoms with Gasteiger partial charge in [0, 0.05) is 22.6 Å². The van der Waals surface area contributed by atoms with Crippen LogP contribution >= 0.6 is 0 Å². The van der Waals surface area contributed by atoms with Crippen molar-refractivity contribution in [3.63, 3.8) is 0 Å². The Balaban J connectivity index is 1.67. The fraction of sp³-hybridized carbons (Fsp3) is 0.217. The maximum atomic E-state index is 11.1. The average molecular weight is 357 g/mol. The molecular weight excluding hydrogens is 334 g/mol. The summed E-state index contributed by atoms with van der Waals surface area (Å²) in [6, 6.07) is 18.5. The summed E-state index contributed by atoms with van der Waals surface area (Å²) in [4.78, 5) is 16.0. The Labute approximate surface area is 159 Å². The van der Waals surface area contributed by atoms with Gasteiger partial charge in [-0.25, -0.2) is 0 Å². The van der Waals surface area contributed by atoms with Crippen molar-refractivity contribution in [3.05, 3.63) is 77.0 Å². The van der Waals surface area contributed by atoms with Crippen molar-refractivity contribution in [2.75, 3.05) is 5.32 Å². The standard InChI is InChI=1S/C23H23N3O/c1-15-4-2-5-17(12-15)21-14-22(19-6-3-7-20(19)26-21)25-18-10-8-16(9-11-18)13-23(24)27/h2,4-5,8-12,14H,3,6-7,13H2,1H3,(H2,24,27)(H,25,26). The summed E-state index contributed by atoms with van der Waals surface area (Å²) in [5, 5.41) is 3.55. The topological polar surface area (TPSA) is 68.0 Å². The first-order valence-corrected chi connectivity index (χ1v) is 9.32. The lowest BCUT2D eigenvalue weighted by Crippen LogP contribution is -2.13. The Morgan fingerprint density at radius 3 is 2.67 bits per heavy atom. The number of fused-ring (bicyclic) bond motifs is 1. The summed E-state index contributed by atoms with van der Waals surface area (Å²) in [6.07, 6.45) is 3.49. The quantitative estimate of drug-likeness (QED) is 0.715. The molecule has 4 heteroatoms. The highest BCUT2D eigenvalue weighted by atomic mass is 16.1. The Morgan fingerprint density at radius 1 is 1.11 bits per heavy atom. The van der Waals surface area contributed by atoms with Crippen LogP contribution in [0.15, 0.2) is 54.6 Å².